The molecule has 1 aromatic rings. The lowest BCUT2D eigenvalue weighted by molar-refractivity contribution is 0.0270. The van der Waals surface area contributed by atoms with Crippen molar-refractivity contribution in [3.8, 4) is 0 Å². The van der Waals surface area contributed by atoms with Crippen molar-refractivity contribution in [3.63, 3.8) is 0 Å². The Balaban J connectivity index is 2.13. The molecule has 2 amide bonds. The van der Waals surface area contributed by atoms with Crippen LogP contribution in [0, 0.1) is 12.8 Å². The van der Waals surface area contributed by atoms with E-state index in [-0.39, 0.29) is 17.9 Å². The van der Waals surface area contributed by atoms with Gasteiger partial charge in [0, 0.05) is 13.1 Å². The molecule has 1 atom stereocenters. The monoisotopic (exact) mass is 418 g/mol. The van der Waals surface area contributed by atoms with Crippen LogP contribution in [0.1, 0.15) is 68.8 Å². The number of nitrogens with one attached hydrogen (secondary N) is 1. The molecule has 0 aromatic carbocycles. The van der Waals surface area contributed by atoms with Crippen molar-refractivity contribution >= 4 is 28.9 Å². The molecule has 6 heteroatoms. The summed E-state index contributed by atoms with van der Waals surface area (Å²) in [4.78, 5) is 27.6. The molecule has 29 heavy (non-hydrogen) atoms. The van der Waals surface area contributed by atoms with E-state index in [2.05, 4.69) is 31.8 Å². The minimum Gasteiger partial charge on any atom is -0.444 e. The van der Waals surface area contributed by atoms with Crippen LogP contribution in [0.2, 0.25) is 0 Å². The Bertz CT molecular complexity index is 817. The van der Waals surface area contributed by atoms with Crippen molar-refractivity contribution in [2.75, 3.05) is 13.1 Å². The number of thiophene rings is 1. The van der Waals surface area contributed by atoms with Gasteiger partial charge in [-0.1, -0.05) is 26.0 Å². The summed E-state index contributed by atoms with van der Waals surface area (Å²) in [6, 6.07) is 0. The predicted octanol–water partition coefficient (Wildman–Crippen LogP) is 5.41. The van der Waals surface area contributed by atoms with Gasteiger partial charge in [-0.05, 0) is 69.0 Å². The molecule has 0 unspecified atom stereocenters. The highest BCUT2D eigenvalue weighted by molar-refractivity contribution is 7.12. The Morgan fingerprint density at radius 1 is 1.31 bits per heavy atom. The SMILES string of the molecule is C=C[C@](C)(NC(=O)c1scc(C2=CCN(C(=O)OC(C)(C)C)CC2)c1C)C(C)C. The van der Waals surface area contributed by atoms with Crippen molar-refractivity contribution in [2.24, 2.45) is 5.92 Å². The third-order valence-corrected chi connectivity index (χ3v) is 6.54. The van der Waals surface area contributed by atoms with E-state index in [1.165, 1.54) is 16.9 Å². The van der Waals surface area contributed by atoms with Gasteiger partial charge in [0.2, 0.25) is 0 Å². The lowest BCUT2D eigenvalue weighted by atomic mass is 9.88. The van der Waals surface area contributed by atoms with Gasteiger partial charge in [0.05, 0.1) is 10.4 Å². The summed E-state index contributed by atoms with van der Waals surface area (Å²) >= 11 is 1.46. The van der Waals surface area contributed by atoms with Crippen LogP contribution in [-0.2, 0) is 4.74 Å². The van der Waals surface area contributed by atoms with Crippen LogP contribution in [0.5, 0.6) is 0 Å². The molecule has 5 nitrogen and oxygen atoms in total. The van der Waals surface area contributed by atoms with Crippen molar-refractivity contribution in [3.05, 3.63) is 40.1 Å². The van der Waals surface area contributed by atoms with E-state index in [4.69, 9.17) is 4.74 Å². The smallest absolute Gasteiger partial charge is 0.410 e. The first kappa shape index (κ1) is 23.2. The summed E-state index contributed by atoms with van der Waals surface area (Å²) in [7, 11) is 0. The molecule has 0 aliphatic carbocycles. The zero-order valence-corrected chi connectivity index (χ0v) is 19.5. The third kappa shape index (κ3) is 5.50. The normalized spacial score (nSPS) is 16.8. The zero-order valence-electron chi connectivity index (χ0n) is 18.7. The standard InChI is InChI=1S/C23H34N2O3S/c1-9-23(8,15(2)3)24-20(26)19-16(4)18(14-29-19)17-10-12-25(13-11-17)21(27)28-22(5,6)7/h9-10,14-15H,1,11-13H2,2-8H3,(H,24,26)/t23-/m0/s1. The van der Waals surface area contributed by atoms with Crippen molar-refractivity contribution in [1.82, 2.24) is 10.2 Å². The fourth-order valence-electron chi connectivity index (χ4n) is 3.10. The summed E-state index contributed by atoms with van der Waals surface area (Å²) in [6.45, 7) is 18.7. The number of ether oxygens (including phenoxy) is 1. The predicted molar refractivity (Wildman–Crippen MR) is 120 cm³/mol. The molecular weight excluding hydrogens is 384 g/mol. The molecule has 2 heterocycles. The van der Waals surface area contributed by atoms with Gasteiger partial charge in [0.15, 0.2) is 0 Å². The van der Waals surface area contributed by atoms with Crippen molar-refractivity contribution < 1.29 is 14.3 Å². The number of carbonyl (C=O) groups is 2. The molecule has 160 valence electrons. The third-order valence-electron chi connectivity index (χ3n) is 5.46. The maximum absolute atomic E-state index is 12.9. The largest absolute Gasteiger partial charge is 0.444 e. The van der Waals surface area contributed by atoms with E-state index in [1.807, 2.05) is 40.0 Å². The number of carbonyl (C=O) groups excluding carboxylic acids is 2. The van der Waals surface area contributed by atoms with E-state index < -0.39 is 11.1 Å². The number of hydrogen-bond acceptors (Lipinski definition) is 4. The van der Waals surface area contributed by atoms with Gasteiger partial charge in [-0.3, -0.25) is 4.79 Å². The first-order valence-corrected chi connectivity index (χ1v) is 11.0. The Morgan fingerprint density at radius 2 is 1.97 bits per heavy atom. The van der Waals surface area contributed by atoms with E-state index in [0.717, 1.165) is 22.4 Å². The molecule has 0 saturated heterocycles. The van der Waals surface area contributed by atoms with Crippen LogP contribution < -0.4 is 5.32 Å². The summed E-state index contributed by atoms with van der Waals surface area (Å²) in [6.07, 6.45) is 4.32. The highest BCUT2D eigenvalue weighted by Crippen LogP contribution is 2.32. The van der Waals surface area contributed by atoms with Gasteiger partial charge in [-0.15, -0.1) is 17.9 Å². The minimum atomic E-state index is -0.497. The molecule has 2 rings (SSSR count). The maximum Gasteiger partial charge on any atom is 0.410 e. The Hall–Kier alpha value is -2.08. The van der Waals surface area contributed by atoms with Gasteiger partial charge >= 0.3 is 6.09 Å². The molecule has 0 radical (unpaired) electrons. The number of rotatable bonds is 5. The Morgan fingerprint density at radius 3 is 2.45 bits per heavy atom. The molecule has 0 spiro atoms. The quantitative estimate of drug-likeness (QED) is 0.650. The van der Waals surface area contributed by atoms with Gasteiger partial charge < -0.3 is 15.0 Å². The van der Waals surface area contributed by atoms with Gasteiger partial charge in [-0.25, -0.2) is 4.79 Å². The average Bonchev–Trinajstić information content (AvgIpc) is 3.01. The first-order valence-electron chi connectivity index (χ1n) is 10.1. The highest BCUT2D eigenvalue weighted by Gasteiger charge is 2.29. The number of hydrogen-bond donors (Lipinski definition) is 1. The van der Waals surface area contributed by atoms with Crippen molar-refractivity contribution in [1.29, 1.82) is 0 Å². The fourth-order valence-corrected chi connectivity index (χ4v) is 4.10. The summed E-state index contributed by atoms with van der Waals surface area (Å²) < 4.78 is 5.45. The molecular formula is C23H34N2O3S. The molecule has 0 fully saturated rings. The molecule has 1 N–H and O–H groups in total. The number of nitrogens with zero attached hydrogens (tertiary/aromatic N) is 1. The summed E-state index contributed by atoms with van der Waals surface area (Å²) in [5.41, 5.74) is 2.30. The Labute approximate surface area is 178 Å². The van der Waals surface area contributed by atoms with Crippen LogP contribution in [0.4, 0.5) is 4.79 Å². The highest BCUT2D eigenvalue weighted by atomic mass is 32.1. The summed E-state index contributed by atoms with van der Waals surface area (Å²) in [5, 5.41) is 5.17. The van der Waals surface area contributed by atoms with Gasteiger partial charge in [-0.2, -0.15) is 0 Å². The van der Waals surface area contributed by atoms with E-state index in [9.17, 15) is 9.59 Å². The number of amides is 2. The van der Waals surface area contributed by atoms with Crippen LogP contribution >= 0.6 is 11.3 Å². The molecule has 1 aliphatic rings. The lowest BCUT2D eigenvalue weighted by Gasteiger charge is -2.31. The van der Waals surface area contributed by atoms with Crippen LogP contribution in [0.25, 0.3) is 5.57 Å². The lowest BCUT2D eigenvalue weighted by Crippen LogP contribution is -2.48. The topological polar surface area (TPSA) is 58.6 Å². The minimum absolute atomic E-state index is 0.0679. The van der Waals surface area contributed by atoms with Gasteiger partial charge in [0.1, 0.15) is 5.60 Å². The summed E-state index contributed by atoms with van der Waals surface area (Å²) in [5.74, 6) is 0.171. The van der Waals surface area contributed by atoms with Crippen LogP contribution in [-0.4, -0.2) is 41.1 Å². The molecule has 1 aromatic heterocycles. The average molecular weight is 419 g/mol. The Kier molecular flexibility index (Phi) is 6.99. The van der Waals surface area contributed by atoms with E-state index in [0.29, 0.717) is 13.1 Å². The molecule has 0 saturated carbocycles. The van der Waals surface area contributed by atoms with Crippen LogP contribution in [0.15, 0.2) is 24.1 Å². The van der Waals surface area contributed by atoms with Crippen molar-refractivity contribution in [2.45, 2.75) is 66.0 Å². The van der Waals surface area contributed by atoms with E-state index in [1.54, 1.807) is 11.0 Å². The second-order valence-electron chi connectivity index (χ2n) is 9.10. The second kappa shape index (κ2) is 8.74. The fraction of sp³-hybridized carbons (Fsp3) is 0.565. The second-order valence-corrected chi connectivity index (χ2v) is 9.98. The van der Waals surface area contributed by atoms with Crippen LogP contribution in [0.3, 0.4) is 0 Å². The molecule has 1 aliphatic heterocycles. The zero-order chi connectivity index (χ0) is 22.0. The maximum atomic E-state index is 12.9. The van der Waals surface area contributed by atoms with Gasteiger partial charge in [0.25, 0.3) is 5.91 Å². The first-order chi connectivity index (χ1) is 13.4. The molecule has 0 bridgehead atoms. The van der Waals surface area contributed by atoms with E-state index >= 15 is 0 Å².